The highest BCUT2D eigenvalue weighted by Crippen LogP contribution is 2.26. The summed E-state index contributed by atoms with van der Waals surface area (Å²) in [6.45, 7) is 8.37. The van der Waals surface area contributed by atoms with Crippen LogP contribution in [0.15, 0.2) is 4.79 Å². The average molecular weight is 368 g/mol. The number of piperidine rings is 1. The van der Waals surface area contributed by atoms with Crippen molar-refractivity contribution in [2.45, 2.75) is 57.9 Å². The number of aromatic nitrogens is 3. The predicted molar refractivity (Wildman–Crippen MR) is 97.4 cm³/mol. The molecule has 0 spiro atoms. The van der Waals surface area contributed by atoms with E-state index in [1.807, 2.05) is 11.5 Å². The van der Waals surface area contributed by atoms with Crippen molar-refractivity contribution in [1.82, 2.24) is 19.2 Å². The zero-order chi connectivity index (χ0) is 18.4. The summed E-state index contributed by atoms with van der Waals surface area (Å²) in [5.41, 5.74) is -0.0198. The van der Waals surface area contributed by atoms with Gasteiger partial charge in [-0.2, -0.15) is 5.10 Å². The summed E-state index contributed by atoms with van der Waals surface area (Å²) in [5.74, 6) is 1.29. The highest BCUT2D eigenvalue weighted by Gasteiger charge is 2.27. The molecule has 2 fully saturated rings. The summed E-state index contributed by atoms with van der Waals surface area (Å²) in [6.07, 6.45) is 3.96. The van der Waals surface area contributed by atoms with Crippen molar-refractivity contribution in [2.24, 2.45) is 0 Å². The van der Waals surface area contributed by atoms with Crippen LogP contribution in [0.1, 0.15) is 44.3 Å². The van der Waals surface area contributed by atoms with Crippen molar-refractivity contribution >= 4 is 0 Å². The smallest absolute Gasteiger partial charge is 0.345 e. The molecule has 0 atom stereocenters. The van der Waals surface area contributed by atoms with Crippen molar-refractivity contribution in [2.75, 3.05) is 46.6 Å². The van der Waals surface area contributed by atoms with E-state index in [2.05, 4.69) is 10.00 Å². The molecule has 8 heteroatoms. The molecule has 8 nitrogen and oxygen atoms in total. The molecule has 0 N–H and O–H groups in total. The van der Waals surface area contributed by atoms with Gasteiger partial charge in [-0.15, -0.1) is 0 Å². The van der Waals surface area contributed by atoms with Crippen LogP contribution >= 0.6 is 0 Å². The highest BCUT2D eigenvalue weighted by atomic mass is 16.7. The van der Waals surface area contributed by atoms with Gasteiger partial charge in [-0.05, 0) is 39.3 Å². The Kier molecular flexibility index (Phi) is 7.24. The van der Waals surface area contributed by atoms with Crippen LogP contribution in [0.3, 0.4) is 0 Å². The molecule has 3 rings (SSSR count). The van der Waals surface area contributed by atoms with Crippen molar-refractivity contribution < 1.29 is 14.2 Å². The minimum absolute atomic E-state index is 0.0198. The van der Waals surface area contributed by atoms with Gasteiger partial charge in [0.15, 0.2) is 6.29 Å². The molecule has 26 heavy (non-hydrogen) atoms. The van der Waals surface area contributed by atoms with E-state index in [4.69, 9.17) is 14.2 Å². The second-order valence-electron chi connectivity index (χ2n) is 7.03. The van der Waals surface area contributed by atoms with Crippen molar-refractivity contribution in [1.29, 1.82) is 0 Å². The first kappa shape index (κ1) is 19.5. The van der Waals surface area contributed by atoms with Crippen LogP contribution in [0.5, 0.6) is 0 Å². The molecule has 1 aromatic heterocycles. The van der Waals surface area contributed by atoms with Crippen LogP contribution in [0.4, 0.5) is 0 Å². The fourth-order valence-electron chi connectivity index (χ4n) is 3.79. The molecule has 0 aromatic carbocycles. The lowest BCUT2D eigenvalue weighted by Gasteiger charge is -2.33. The van der Waals surface area contributed by atoms with Gasteiger partial charge in [0, 0.05) is 32.5 Å². The van der Waals surface area contributed by atoms with Gasteiger partial charge in [-0.3, -0.25) is 4.57 Å². The second kappa shape index (κ2) is 9.64. The Labute approximate surface area is 155 Å². The van der Waals surface area contributed by atoms with E-state index >= 15 is 0 Å². The summed E-state index contributed by atoms with van der Waals surface area (Å²) in [4.78, 5) is 14.9. The first-order valence-electron chi connectivity index (χ1n) is 9.85. The van der Waals surface area contributed by atoms with Crippen LogP contribution in [-0.2, 0) is 27.3 Å². The van der Waals surface area contributed by atoms with Crippen molar-refractivity contribution in [3.63, 3.8) is 0 Å². The predicted octanol–water partition coefficient (Wildman–Crippen LogP) is 1.04. The number of ether oxygens (including phenoxy) is 3. The number of rotatable bonds is 8. The van der Waals surface area contributed by atoms with Gasteiger partial charge < -0.3 is 19.1 Å². The third-order valence-corrected chi connectivity index (χ3v) is 5.30. The fraction of sp³-hybridized carbons (Fsp3) is 0.889. The van der Waals surface area contributed by atoms with E-state index in [0.717, 1.165) is 64.4 Å². The molecule has 1 aromatic rings. The van der Waals surface area contributed by atoms with Crippen molar-refractivity contribution in [3.8, 4) is 0 Å². The largest absolute Gasteiger partial charge is 0.383 e. The minimum Gasteiger partial charge on any atom is -0.383 e. The molecule has 0 saturated carbocycles. The topological polar surface area (TPSA) is 70.8 Å². The minimum atomic E-state index is -0.0387. The Bertz CT molecular complexity index is 601. The van der Waals surface area contributed by atoms with Crippen LogP contribution in [0.25, 0.3) is 0 Å². The number of nitrogens with zero attached hydrogens (tertiary/aromatic N) is 4. The fourth-order valence-corrected chi connectivity index (χ4v) is 3.79. The Hall–Kier alpha value is -1.22. The molecule has 0 aliphatic carbocycles. The van der Waals surface area contributed by atoms with Gasteiger partial charge in [-0.25, -0.2) is 9.48 Å². The van der Waals surface area contributed by atoms with Gasteiger partial charge in [0.1, 0.15) is 5.82 Å². The summed E-state index contributed by atoms with van der Waals surface area (Å²) >= 11 is 0. The van der Waals surface area contributed by atoms with Gasteiger partial charge in [0.2, 0.25) is 0 Å². The molecule has 2 aliphatic heterocycles. The average Bonchev–Trinajstić information content (AvgIpc) is 3.01. The molecular weight excluding hydrogens is 336 g/mol. The third kappa shape index (κ3) is 4.73. The lowest BCUT2D eigenvalue weighted by atomic mass is 9.96. The molecule has 2 aliphatic rings. The van der Waals surface area contributed by atoms with Crippen LogP contribution in [0, 0.1) is 0 Å². The number of hydrogen-bond donors (Lipinski definition) is 0. The van der Waals surface area contributed by atoms with Gasteiger partial charge in [-0.1, -0.05) is 0 Å². The summed E-state index contributed by atoms with van der Waals surface area (Å²) in [5, 5.41) is 4.61. The Balaban J connectivity index is 1.53. The summed E-state index contributed by atoms with van der Waals surface area (Å²) in [7, 11) is 1.64. The maximum absolute atomic E-state index is 12.5. The normalized spacial score (nSPS) is 20.7. The van der Waals surface area contributed by atoms with E-state index in [0.29, 0.717) is 25.6 Å². The monoisotopic (exact) mass is 368 g/mol. The number of methoxy groups -OCH3 is 1. The lowest BCUT2D eigenvalue weighted by Crippen LogP contribution is -2.37. The van der Waals surface area contributed by atoms with E-state index in [1.54, 1.807) is 11.8 Å². The molecule has 3 heterocycles. The highest BCUT2D eigenvalue weighted by molar-refractivity contribution is 5.00. The van der Waals surface area contributed by atoms with Crippen LogP contribution in [-0.4, -0.2) is 72.1 Å². The Morgan fingerprint density at radius 2 is 1.92 bits per heavy atom. The summed E-state index contributed by atoms with van der Waals surface area (Å²) < 4.78 is 19.7. The Morgan fingerprint density at radius 1 is 1.19 bits per heavy atom. The van der Waals surface area contributed by atoms with Gasteiger partial charge in [0.05, 0.1) is 26.4 Å². The third-order valence-electron chi connectivity index (χ3n) is 5.30. The maximum Gasteiger partial charge on any atom is 0.345 e. The molecule has 148 valence electrons. The van der Waals surface area contributed by atoms with E-state index < -0.39 is 0 Å². The number of hydrogen-bond acceptors (Lipinski definition) is 6. The van der Waals surface area contributed by atoms with Gasteiger partial charge >= 0.3 is 5.69 Å². The molecule has 0 radical (unpaired) electrons. The summed E-state index contributed by atoms with van der Waals surface area (Å²) in [6, 6.07) is 0. The van der Waals surface area contributed by atoms with Crippen LogP contribution in [0.2, 0.25) is 0 Å². The van der Waals surface area contributed by atoms with E-state index in [-0.39, 0.29) is 12.0 Å². The molecular formula is C18H32N4O4. The molecule has 0 unspecified atom stereocenters. The second-order valence-corrected chi connectivity index (χ2v) is 7.03. The van der Waals surface area contributed by atoms with Crippen LogP contribution < -0.4 is 5.69 Å². The maximum atomic E-state index is 12.5. The first-order chi connectivity index (χ1) is 12.7. The zero-order valence-corrected chi connectivity index (χ0v) is 16.1. The van der Waals surface area contributed by atoms with Crippen molar-refractivity contribution in [3.05, 3.63) is 16.3 Å². The standard InChI is InChI=1S/C18H32N4O4/c1-3-21-17(19-22(18(21)23)11-14-24-2)15-5-8-20(9-6-15)10-7-16-25-12-4-13-26-16/h15-16H,3-14H2,1-2H3. The molecule has 0 amide bonds. The van der Waals surface area contributed by atoms with Gasteiger partial charge in [0.25, 0.3) is 0 Å². The van der Waals surface area contributed by atoms with E-state index in [9.17, 15) is 4.79 Å². The number of likely N-dealkylation sites (tertiary alicyclic amines) is 1. The molecule has 2 saturated heterocycles. The lowest BCUT2D eigenvalue weighted by molar-refractivity contribution is -0.182. The zero-order valence-electron chi connectivity index (χ0n) is 16.1. The van der Waals surface area contributed by atoms with E-state index in [1.165, 1.54) is 0 Å². The Morgan fingerprint density at radius 3 is 2.58 bits per heavy atom. The quantitative estimate of drug-likeness (QED) is 0.683. The molecule has 0 bridgehead atoms. The first-order valence-corrected chi connectivity index (χ1v) is 9.85. The SMILES string of the molecule is CCn1c(C2CCN(CCC3OCCCO3)CC2)nn(CCOC)c1=O.